The lowest BCUT2D eigenvalue weighted by atomic mass is 9.94. The van der Waals surface area contributed by atoms with Crippen LogP contribution in [-0.4, -0.2) is 121 Å². The lowest BCUT2D eigenvalue weighted by molar-refractivity contribution is -0.442. The van der Waals surface area contributed by atoms with E-state index in [9.17, 15) is 40.9 Å². The first-order valence-electron chi connectivity index (χ1n) is 8.55. The van der Waals surface area contributed by atoms with Gasteiger partial charge in [-0.15, -0.1) is 0 Å². The number of aliphatic hydroxyl groups excluding tert-OH is 7. The summed E-state index contributed by atoms with van der Waals surface area (Å²) in [6.45, 7) is 1.68. The van der Waals surface area contributed by atoms with Crippen LogP contribution < -0.4 is 0 Å². The van der Waals surface area contributed by atoms with Crippen LogP contribution in [0.3, 0.4) is 0 Å². The van der Waals surface area contributed by atoms with Crippen LogP contribution in [-0.2, 0) is 18.9 Å². The van der Waals surface area contributed by atoms with Gasteiger partial charge in [0.2, 0.25) is 5.79 Å². The van der Waals surface area contributed by atoms with Gasteiger partial charge in [-0.05, 0) is 13.8 Å². The molecule has 8 N–H and O–H groups in total. The molecule has 2 aliphatic heterocycles. The maximum absolute atomic E-state index is 10.7. The van der Waals surface area contributed by atoms with Crippen molar-refractivity contribution in [2.24, 2.45) is 0 Å². The summed E-state index contributed by atoms with van der Waals surface area (Å²) in [5, 5.41) is 79.6. The average Bonchev–Trinajstić information content (AvgIpc) is 2.62. The molecule has 0 aromatic carbocycles. The number of ether oxygens (including phenoxy) is 4. The van der Waals surface area contributed by atoms with E-state index in [1.807, 2.05) is 0 Å². The minimum Gasteiger partial charge on any atom is -0.394 e. The van der Waals surface area contributed by atoms with Crippen LogP contribution >= 0.6 is 0 Å². The first-order valence-corrected chi connectivity index (χ1v) is 8.55. The van der Waals surface area contributed by atoms with Gasteiger partial charge in [0.1, 0.15) is 42.7 Å². The number of hydrogen-bond acceptors (Lipinski definition) is 12. The maximum atomic E-state index is 10.7. The van der Waals surface area contributed by atoms with Crippen LogP contribution in [0.1, 0.15) is 13.8 Å². The van der Waals surface area contributed by atoms with Gasteiger partial charge < -0.3 is 59.8 Å². The molecule has 10 atom stereocenters. The van der Waals surface area contributed by atoms with Crippen LogP contribution in [0.15, 0.2) is 0 Å². The van der Waals surface area contributed by atoms with E-state index in [-0.39, 0.29) is 0 Å². The molecular formula is C15H28O12. The molecule has 12 nitrogen and oxygen atoms in total. The Morgan fingerprint density at radius 3 is 2.00 bits per heavy atom. The molecule has 0 spiro atoms. The predicted octanol–water partition coefficient (Wildman–Crippen LogP) is -4.64. The van der Waals surface area contributed by atoms with Crippen molar-refractivity contribution in [1.29, 1.82) is 0 Å². The van der Waals surface area contributed by atoms with Gasteiger partial charge in [0.25, 0.3) is 0 Å². The summed E-state index contributed by atoms with van der Waals surface area (Å²) >= 11 is 0. The summed E-state index contributed by atoms with van der Waals surface area (Å²) in [5.74, 6) is -2.77. The van der Waals surface area contributed by atoms with Gasteiger partial charge in [-0.1, -0.05) is 0 Å². The van der Waals surface area contributed by atoms with E-state index < -0.39 is 80.4 Å². The maximum Gasteiger partial charge on any atom is 0.226 e. The van der Waals surface area contributed by atoms with Crippen molar-refractivity contribution in [3.63, 3.8) is 0 Å². The quantitative estimate of drug-likeness (QED) is 0.199. The third-order valence-electron chi connectivity index (χ3n) is 4.51. The number of aliphatic hydroxyl groups is 8. The fourth-order valence-corrected chi connectivity index (χ4v) is 2.97. The van der Waals surface area contributed by atoms with Crippen LogP contribution in [0.5, 0.6) is 0 Å². The largest absolute Gasteiger partial charge is 0.394 e. The molecule has 0 aromatic rings. The van der Waals surface area contributed by atoms with Crippen LogP contribution in [0.25, 0.3) is 0 Å². The normalized spacial score (nSPS) is 48.8. The summed E-state index contributed by atoms with van der Waals surface area (Å²) in [4.78, 5) is 0. The predicted molar refractivity (Wildman–Crippen MR) is 83.8 cm³/mol. The molecule has 2 rings (SSSR count). The fraction of sp³-hybridized carbons (Fsp3) is 1.00. The molecule has 0 amide bonds. The van der Waals surface area contributed by atoms with Crippen molar-refractivity contribution in [3.05, 3.63) is 0 Å². The van der Waals surface area contributed by atoms with Crippen LogP contribution in [0, 0.1) is 0 Å². The van der Waals surface area contributed by atoms with E-state index in [2.05, 4.69) is 0 Å². The summed E-state index contributed by atoms with van der Waals surface area (Å²) in [6, 6.07) is 0. The molecule has 6 unspecified atom stereocenters. The zero-order valence-electron chi connectivity index (χ0n) is 14.9. The molecule has 2 heterocycles. The Kier molecular flexibility index (Phi) is 7.52. The molecular weight excluding hydrogens is 372 g/mol. The summed E-state index contributed by atoms with van der Waals surface area (Å²) in [6.07, 6.45) is -15.7. The van der Waals surface area contributed by atoms with Gasteiger partial charge in [0.05, 0.1) is 19.3 Å². The van der Waals surface area contributed by atoms with Gasteiger partial charge in [-0.25, -0.2) is 0 Å². The van der Waals surface area contributed by atoms with E-state index in [1.54, 1.807) is 13.8 Å². The second-order valence-electron chi connectivity index (χ2n) is 6.86. The van der Waals surface area contributed by atoms with Crippen molar-refractivity contribution in [3.8, 4) is 0 Å². The highest BCUT2D eigenvalue weighted by Gasteiger charge is 2.59. The van der Waals surface area contributed by atoms with Crippen molar-refractivity contribution in [1.82, 2.24) is 0 Å². The Labute approximate surface area is 155 Å². The van der Waals surface area contributed by atoms with Gasteiger partial charge in [0, 0.05) is 0 Å². The fourth-order valence-electron chi connectivity index (χ4n) is 2.97. The Hall–Kier alpha value is -0.480. The third kappa shape index (κ3) is 4.42. The Balaban J connectivity index is 2.21. The second-order valence-corrected chi connectivity index (χ2v) is 6.86. The molecule has 0 saturated carbocycles. The van der Waals surface area contributed by atoms with Gasteiger partial charge in [0.15, 0.2) is 12.6 Å². The molecule has 2 aliphatic rings. The average molecular weight is 400 g/mol. The summed E-state index contributed by atoms with van der Waals surface area (Å²) < 4.78 is 20.8. The summed E-state index contributed by atoms with van der Waals surface area (Å²) in [7, 11) is 0. The van der Waals surface area contributed by atoms with Gasteiger partial charge >= 0.3 is 0 Å². The zero-order chi connectivity index (χ0) is 20.5. The number of hydrogen-bond donors (Lipinski definition) is 8. The molecule has 2 saturated heterocycles. The van der Waals surface area contributed by atoms with E-state index in [4.69, 9.17) is 18.9 Å². The van der Waals surface area contributed by atoms with Crippen LogP contribution in [0.2, 0.25) is 0 Å². The van der Waals surface area contributed by atoms with Crippen LogP contribution in [0.4, 0.5) is 0 Å². The molecule has 27 heavy (non-hydrogen) atoms. The van der Waals surface area contributed by atoms with E-state index in [0.717, 1.165) is 0 Å². The monoisotopic (exact) mass is 400 g/mol. The topological polar surface area (TPSA) is 199 Å². The van der Waals surface area contributed by atoms with Gasteiger partial charge in [-0.2, -0.15) is 0 Å². The lowest BCUT2D eigenvalue weighted by Gasteiger charge is -2.50. The first-order chi connectivity index (χ1) is 12.6. The molecule has 0 bridgehead atoms. The van der Waals surface area contributed by atoms with Crippen molar-refractivity contribution < 1.29 is 59.8 Å². The molecule has 0 aromatic heterocycles. The Morgan fingerprint density at radius 2 is 1.48 bits per heavy atom. The van der Waals surface area contributed by atoms with E-state index >= 15 is 0 Å². The Bertz CT molecular complexity index is 472. The molecule has 0 radical (unpaired) electrons. The Morgan fingerprint density at radius 1 is 0.852 bits per heavy atom. The van der Waals surface area contributed by atoms with Crippen molar-refractivity contribution >= 4 is 0 Å². The highest BCUT2D eigenvalue weighted by molar-refractivity contribution is 4.98. The van der Waals surface area contributed by atoms with E-state index in [1.165, 1.54) is 0 Å². The minimum atomic E-state index is -2.77. The highest BCUT2D eigenvalue weighted by atomic mass is 16.8. The first kappa shape index (κ1) is 22.8. The molecule has 0 aliphatic carbocycles. The lowest BCUT2D eigenvalue weighted by Crippen LogP contribution is -2.71. The molecule has 12 heteroatoms. The van der Waals surface area contributed by atoms with Crippen molar-refractivity contribution in [2.45, 2.75) is 81.0 Å². The van der Waals surface area contributed by atoms with Gasteiger partial charge in [-0.3, -0.25) is 0 Å². The molecule has 2 fully saturated rings. The van der Waals surface area contributed by atoms with E-state index in [0.29, 0.717) is 0 Å². The highest BCUT2D eigenvalue weighted by Crippen LogP contribution is 2.35. The SMILES string of the molecule is CC(C)O[C@H]1OC(CO)[C@@](O)(O[C@@H]2OC(CO)[C@H](O)C(O)C2O)C(O)C1O. The second kappa shape index (κ2) is 8.90. The summed E-state index contributed by atoms with van der Waals surface area (Å²) in [5.41, 5.74) is 0. The number of rotatable bonds is 6. The molecule has 160 valence electrons. The smallest absolute Gasteiger partial charge is 0.226 e. The standard InChI is InChI=1S/C15H28O12/c1-5(2)24-13-11(21)12(22)15(23,7(4-17)26-13)27-14-10(20)9(19)8(18)6(3-16)25-14/h5-14,16-23H,3-4H2,1-2H3/t6?,7?,8-,9?,10?,11?,12?,13-,14-,15+/m0/s1. The van der Waals surface area contributed by atoms with Crippen molar-refractivity contribution in [2.75, 3.05) is 13.2 Å². The zero-order valence-corrected chi connectivity index (χ0v) is 14.9. The third-order valence-corrected chi connectivity index (χ3v) is 4.51. The minimum absolute atomic E-state index is 0.409.